The number of hydrogen-bond donors (Lipinski definition) is 0. The number of ether oxygens (including phenoxy) is 1. The van der Waals surface area contributed by atoms with Crippen molar-refractivity contribution in [3.8, 4) is 0 Å². The molecule has 0 bridgehead atoms. The lowest BCUT2D eigenvalue weighted by Crippen LogP contribution is -2.23. The molecule has 0 spiro atoms. The molecule has 1 saturated heterocycles. The molecule has 1 aromatic rings. The van der Waals surface area contributed by atoms with E-state index in [1.807, 2.05) is 36.4 Å². The number of hydrogen-bond acceptors (Lipinski definition) is 2. The van der Waals surface area contributed by atoms with Gasteiger partial charge in [0.25, 0.3) is 0 Å². The first-order chi connectivity index (χ1) is 5.86. The van der Waals surface area contributed by atoms with E-state index in [2.05, 4.69) is 4.74 Å². The van der Waals surface area contributed by atoms with Gasteiger partial charge in [-0.1, -0.05) is 30.3 Å². The van der Waals surface area contributed by atoms with E-state index < -0.39 is 0 Å². The number of carbonyl (C=O) groups is 1. The maximum atomic E-state index is 10.7. The Morgan fingerprint density at radius 3 is 2.50 bits per heavy atom. The molecule has 0 N–H and O–H groups in total. The lowest BCUT2D eigenvalue weighted by atomic mass is 10.1. The summed E-state index contributed by atoms with van der Waals surface area (Å²) in [5, 5.41) is 0. The summed E-state index contributed by atoms with van der Waals surface area (Å²) in [5.74, 6) is -0.196. The average molecular weight is 160 g/mol. The SMILES string of the molecule is O=C1OC/C1=C\c1ccccc1. The minimum absolute atomic E-state index is 0.196. The maximum absolute atomic E-state index is 10.7. The monoisotopic (exact) mass is 160 g/mol. The number of rotatable bonds is 1. The van der Waals surface area contributed by atoms with Crippen molar-refractivity contribution >= 4 is 12.0 Å². The van der Waals surface area contributed by atoms with Crippen LogP contribution in [0.4, 0.5) is 0 Å². The van der Waals surface area contributed by atoms with Crippen LogP contribution < -0.4 is 0 Å². The quantitative estimate of drug-likeness (QED) is 0.461. The van der Waals surface area contributed by atoms with Crippen molar-refractivity contribution in [3.63, 3.8) is 0 Å². The van der Waals surface area contributed by atoms with Crippen LogP contribution in [-0.2, 0) is 9.53 Å². The molecule has 1 aliphatic heterocycles. The third kappa shape index (κ3) is 1.23. The lowest BCUT2D eigenvalue weighted by molar-refractivity contribution is -0.147. The highest BCUT2D eigenvalue weighted by molar-refractivity contribution is 5.98. The molecule has 0 atom stereocenters. The maximum Gasteiger partial charge on any atom is 0.337 e. The highest BCUT2D eigenvalue weighted by Crippen LogP contribution is 2.15. The number of carbonyl (C=O) groups excluding carboxylic acids is 1. The van der Waals surface area contributed by atoms with E-state index in [4.69, 9.17) is 0 Å². The van der Waals surface area contributed by atoms with E-state index in [1.54, 1.807) is 0 Å². The summed E-state index contributed by atoms with van der Waals surface area (Å²) in [7, 11) is 0. The molecule has 2 heteroatoms. The normalized spacial score (nSPS) is 18.7. The van der Waals surface area contributed by atoms with Gasteiger partial charge in [0.05, 0.1) is 5.57 Å². The largest absolute Gasteiger partial charge is 0.457 e. The van der Waals surface area contributed by atoms with E-state index in [0.717, 1.165) is 11.1 Å². The topological polar surface area (TPSA) is 26.3 Å². The van der Waals surface area contributed by atoms with E-state index in [1.165, 1.54) is 0 Å². The zero-order valence-corrected chi connectivity index (χ0v) is 6.49. The number of cyclic esters (lactones) is 1. The summed E-state index contributed by atoms with van der Waals surface area (Å²) in [6.45, 7) is 0.452. The fourth-order valence-corrected chi connectivity index (χ4v) is 1.07. The standard InChI is InChI=1S/C10H8O2/c11-10-9(7-12-10)6-8-4-2-1-3-5-8/h1-6H,7H2/b9-6+. The number of benzene rings is 1. The summed E-state index contributed by atoms with van der Waals surface area (Å²) in [4.78, 5) is 10.7. The van der Waals surface area contributed by atoms with Gasteiger partial charge in [0.2, 0.25) is 0 Å². The molecule has 1 aromatic carbocycles. The minimum atomic E-state index is -0.196. The fourth-order valence-electron chi connectivity index (χ4n) is 1.07. The molecule has 0 unspecified atom stereocenters. The van der Waals surface area contributed by atoms with E-state index in [0.29, 0.717) is 6.61 Å². The molecule has 0 aliphatic carbocycles. The van der Waals surface area contributed by atoms with Crippen molar-refractivity contribution in [3.05, 3.63) is 41.5 Å². The molecule has 1 aliphatic rings. The Hall–Kier alpha value is -1.57. The first kappa shape index (κ1) is 7.10. The van der Waals surface area contributed by atoms with Crippen LogP contribution in [0.5, 0.6) is 0 Å². The predicted molar refractivity (Wildman–Crippen MR) is 45.4 cm³/mol. The first-order valence-corrected chi connectivity index (χ1v) is 3.79. The molecule has 2 nitrogen and oxygen atoms in total. The summed E-state index contributed by atoms with van der Waals surface area (Å²) in [6, 6.07) is 9.74. The van der Waals surface area contributed by atoms with Crippen LogP contribution in [0.15, 0.2) is 35.9 Å². The molecule has 12 heavy (non-hydrogen) atoms. The van der Waals surface area contributed by atoms with Crippen molar-refractivity contribution in [1.29, 1.82) is 0 Å². The second kappa shape index (κ2) is 2.81. The summed E-state index contributed by atoms with van der Waals surface area (Å²) < 4.78 is 4.61. The van der Waals surface area contributed by atoms with Crippen LogP contribution in [0.25, 0.3) is 6.08 Å². The Labute approximate surface area is 70.5 Å². The summed E-state index contributed by atoms with van der Waals surface area (Å²) in [5.41, 5.74) is 1.80. The van der Waals surface area contributed by atoms with Crippen LogP contribution in [0.2, 0.25) is 0 Å². The molecule has 0 saturated carbocycles. The van der Waals surface area contributed by atoms with Crippen LogP contribution in [-0.4, -0.2) is 12.6 Å². The molecule has 2 rings (SSSR count). The van der Waals surface area contributed by atoms with E-state index in [-0.39, 0.29) is 5.97 Å². The molecular formula is C10H8O2. The van der Waals surface area contributed by atoms with Gasteiger partial charge < -0.3 is 4.74 Å². The highest BCUT2D eigenvalue weighted by Gasteiger charge is 2.21. The third-order valence-corrected chi connectivity index (χ3v) is 1.76. The zero-order chi connectivity index (χ0) is 8.39. The second-order valence-corrected chi connectivity index (χ2v) is 2.66. The molecule has 1 fully saturated rings. The van der Waals surface area contributed by atoms with Crippen molar-refractivity contribution in [2.45, 2.75) is 0 Å². The summed E-state index contributed by atoms with van der Waals surface area (Å²) >= 11 is 0. The Kier molecular flexibility index (Phi) is 1.67. The number of esters is 1. The molecule has 0 amide bonds. The van der Waals surface area contributed by atoms with E-state index in [9.17, 15) is 4.79 Å². The van der Waals surface area contributed by atoms with Crippen LogP contribution in [0.1, 0.15) is 5.56 Å². The molecule has 60 valence electrons. The molecular weight excluding hydrogens is 152 g/mol. The first-order valence-electron chi connectivity index (χ1n) is 3.79. The van der Waals surface area contributed by atoms with Gasteiger partial charge in [0.1, 0.15) is 6.61 Å². The Balaban J connectivity index is 2.23. The zero-order valence-electron chi connectivity index (χ0n) is 6.49. The van der Waals surface area contributed by atoms with Gasteiger partial charge in [-0.2, -0.15) is 0 Å². The van der Waals surface area contributed by atoms with Gasteiger partial charge in [-0.25, -0.2) is 4.79 Å². The van der Waals surface area contributed by atoms with Crippen molar-refractivity contribution < 1.29 is 9.53 Å². The van der Waals surface area contributed by atoms with Crippen LogP contribution >= 0.6 is 0 Å². The van der Waals surface area contributed by atoms with Crippen molar-refractivity contribution in [1.82, 2.24) is 0 Å². The van der Waals surface area contributed by atoms with Crippen LogP contribution in [0.3, 0.4) is 0 Å². The van der Waals surface area contributed by atoms with Gasteiger partial charge in [-0.05, 0) is 11.6 Å². The van der Waals surface area contributed by atoms with Gasteiger partial charge >= 0.3 is 5.97 Å². The average Bonchev–Trinajstić information content (AvgIpc) is 2.14. The fraction of sp³-hybridized carbons (Fsp3) is 0.100. The summed E-state index contributed by atoms with van der Waals surface area (Å²) in [6.07, 6.45) is 1.85. The third-order valence-electron chi connectivity index (χ3n) is 1.76. The van der Waals surface area contributed by atoms with Crippen LogP contribution in [0, 0.1) is 0 Å². The Morgan fingerprint density at radius 2 is 2.00 bits per heavy atom. The molecule has 0 radical (unpaired) electrons. The Bertz CT molecular complexity index is 325. The van der Waals surface area contributed by atoms with Gasteiger partial charge in [-0.15, -0.1) is 0 Å². The lowest BCUT2D eigenvalue weighted by Gasteiger charge is -2.15. The van der Waals surface area contributed by atoms with Gasteiger partial charge in [0.15, 0.2) is 0 Å². The predicted octanol–water partition coefficient (Wildman–Crippen LogP) is 1.63. The Morgan fingerprint density at radius 1 is 1.25 bits per heavy atom. The van der Waals surface area contributed by atoms with Crippen molar-refractivity contribution in [2.75, 3.05) is 6.61 Å². The van der Waals surface area contributed by atoms with Gasteiger partial charge in [-0.3, -0.25) is 0 Å². The molecule has 1 heterocycles. The van der Waals surface area contributed by atoms with Crippen molar-refractivity contribution in [2.24, 2.45) is 0 Å². The minimum Gasteiger partial charge on any atom is -0.457 e. The second-order valence-electron chi connectivity index (χ2n) is 2.66. The highest BCUT2D eigenvalue weighted by atomic mass is 16.6. The molecule has 0 aromatic heterocycles. The smallest absolute Gasteiger partial charge is 0.337 e. The van der Waals surface area contributed by atoms with Gasteiger partial charge in [0, 0.05) is 0 Å². The van der Waals surface area contributed by atoms with E-state index >= 15 is 0 Å².